The summed E-state index contributed by atoms with van der Waals surface area (Å²) in [6.45, 7) is 1.43. The van der Waals surface area contributed by atoms with Crippen LogP contribution in [0.4, 0.5) is 23.2 Å². The number of benzene rings is 3. The monoisotopic (exact) mass is 497 g/mol. The van der Waals surface area contributed by atoms with E-state index in [0.29, 0.717) is 27.7 Å². The van der Waals surface area contributed by atoms with Crippen molar-refractivity contribution in [2.24, 2.45) is 0 Å². The van der Waals surface area contributed by atoms with Crippen LogP contribution >= 0.6 is 0 Å². The predicted octanol–water partition coefficient (Wildman–Crippen LogP) is 6.49. The van der Waals surface area contributed by atoms with Crippen LogP contribution in [0, 0.1) is 11.2 Å². The quantitative estimate of drug-likeness (QED) is 0.200. The summed E-state index contributed by atoms with van der Waals surface area (Å²) in [6, 6.07) is 15.3. The zero-order valence-electron chi connectivity index (χ0n) is 18.7. The molecule has 0 aliphatic rings. The number of carbonyl (C=O) groups is 1. The highest BCUT2D eigenvalue weighted by atomic mass is 19.4. The number of fused-ring (bicyclic) bond motifs is 1. The standard InChI is InChI=1S/C26H19F4N3O3/c1-14(25(34)35)32-24-20-12-18(27)8-11-22(20)33-23(21(24)13-31)17-4-2-15(3-5-17)16-6-9-19(10-7-16)36-26(28,29)30/h2-14,31H,1H3,(H,32,33)(H,34,35). The number of halogens is 4. The minimum absolute atomic E-state index is 0.267. The van der Waals surface area contributed by atoms with Gasteiger partial charge in [0.2, 0.25) is 0 Å². The highest BCUT2D eigenvalue weighted by Gasteiger charge is 2.31. The van der Waals surface area contributed by atoms with E-state index >= 15 is 0 Å². The Morgan fingerprint density at radius 3 is 2.17 bits per heavy atom. The molecule has 4 aromatic rings. The highest BCUT2D eigenvalue weighted by Crippen LogP contribution is 2.35. The molecule has 1 heterocycles. The van der Waals surface area contributed by atoms with Crippen LogP contribution in [0.2, 0.25) is 0 Å². The van der Waals surface area contributed by atoms with E-state index in [4.69, 9.17) is 5.41 Å². The van der Waals surface area contributed by atoms with Gasteiger partial charge < -0.3 is 20.6 Å². The normalized spacial score (nSPS) is 12.2. The molecular formula is C26H19F4N3O3. The molecule has 0 bridgehead atoms. The lowest BCUT2D eigenvalue weighted by atomic mass is 9.98. The van der Waals surface area contributed by atoms with Crippen molar-refractivity contribution < 1.29 is 32.2 Å². The van der Waals surface area contributed by atoms with E-state index in [1.807, 2.05) is 0 Å². The number of nitrogens with zero attached hydrogens (tertiary/aromatic N) is 1. The lowest BCUT2D eigenvalue weighted by molar-refractivity contribution is -0.274. The summed E-state index contributed by atoms with van der Waals surface area (Å²) in [6.07, 6.45) is -3.75. The van der Waals surface area contributed by atoms with Crippen LogP contribution in [0.15, 0.2) is 66.7 Å². The fourth-order valence-electron chi connectivity index (χ4n) is 3.71. The van der Waals surface area contributed by atoms with Crippen molar-refractivity contribution in [1.29, 1.82) is 5.41 Å². The summed E-state index contributed by atoms with van der Waals surface area (Å²) in [5.74, 6) is -1.98. The molecule has 0 radical (unpaired) electrons. The maximum atomic E-state index is 14.0. The zero-order chi connectivity index (χ0) is 26.0. The number of ether oxygens (including phenoxy) is 1. The second-order valence-electron chi connectivity index (χ2n) is 7.91. The van der Waals surface area contributed by atoms with E-state index < -0.39 is 24.2 Å². The molecule has 1 aromatic heterocycles. The van der Waals surface area contributed by atoms with Crippen molar-refractivity contribution in [2.75, 3.05) is 5.32 Å². The highest BCUT2D eigenvalue weighted by molar-refractivity contribution is 6.06. The number of rotatable bonds is 7. The van der Waals surface area contributed by atoms with Gasteiger partial charge in [0.05, 0.1) is 16.9 Å². The number of carboxylic acids is 1. The molecule has 36 heavy (non-hydrogen) atoms. The third kappa shape index (κ3) is 5.27. The molecule has 6 nitrogen and oxygen atoms in total. The Labute approximate surface area is 202 Å². The summed E-state index contributed by atoms with van der Waals surface area (Å²) >= 11 is 0. The van der Waals surface area contributed by atoms with Gasteiger partial charge in [-0.15, -0.1) is 13.2 Å². The van der Waals surface area contributed by atoms with Crippen LogP contribution in [0.1, 0.15) is 12.5 Å². The minimum atomic E-state index is -4.77. The molecule has 10 heteroatoms. The van der Waals surface area contributed by atoms with Gasteiger partial charge >= 0.3 is 12.3 Å². The van der Waals surface area contributed by atoms with Crippen molar-refractivity contribution in [1.82, 2.24) is 4.98 Å². The SMILES string of the molecule is CC(Nc1c(C=N)c(-c2ccc(-c3ccc(OC(F)(F)F)cc3)cc2)nc2ccc(F)cc12)C(=O)O. The van der Waals surface area contributed by atoms with E-state index in [1.54, 1.807) is 24.3 Å². The zero-order valence-corrected chi connectivity index (χ0v) is 18.7. The van der Waals surface area contributed by atoms with Crippen molar-refractivity contribution >= 4 is 28.8 Å². The van der Waals surface area contributed by atoms with Crippen LogP contribution in [-0.4, -0.2) is 34.7 Å². The molecule has 0 amide bonds. The van der Waals surface area contributed by atoms with Crippen molar-refractivity contribution in [3.63, 3.8) is 0 Å². The van der Waals surface area contributed by atoms with Crippen LogP contribution < -0.4 is 10.1 Å². The first kappa shape index (κ1) is 24.6. The number of nitrogens with one attached hydrogen (secondary N) is 2. The molecule has 0 fully saturated rings. The number of hydrogen-bond donors (Lipinski definition) is 3. The molecule has 184 valence electrons. The number of carboxylic acid groups (broad SMARTS) is 1. The van der Waals surface area contributed by atoms with Crippen LogP contribution in [0.5, 0.6) is 5.75 Å². The van der Waals surface area contributed by atoms with E-state index in [1.165, 1.54) is 49.4 Å². The van der Waals surface area contributed by atoms with Crippen LogP contribution in [0.3, 0.4) is 0 Å². The van der Waals surface area contributed by atoms with Gasteiger partial charge in [-0.2, -0.15) is 0 Å². The van der Waals surface area contributed by atoms with Crippen molar-refractivity contribution in [3.05, 3.63) is 78.1 Å². The van der Waals surface area contributed by atoms with Gasteiger partial charge in [0.15, 0.2) is 0 Å². The largest absolute Gasteiger partial charge is 0.573 e. The van der Waals surface area contributed by atoms with Gasteiger partial charge in [-0.05, 0) is 48.4 Å². The van der Waals surface area contributed by atoms with Gasteiger partial charge in [-0.1, -0.05) is 36.4 Å². The maximum Gasteiger partial charge on any atom is 0.573 e. The molecule has 1 unspecified atom stereocenters. The predicted molar refractivity (Wildman–Crippen MR) is 128 cm³/mol. The fraction of sp³-hybridized carbons (Fsp3) is 0.115. The molecule has 4 rings (SSSR count). The topological polar surface area (TPSA) is 95.3 Å². The Morgan fingerprint density at radius 2 is 1.61 bits per heavy atom. The van der Waals surface area contributed by atoms with Crippen molar-refractivity contribution in [3.8, 4) is 28.1 Å². The van der Waals surface area contributed by atoms with Crippen LogP contribution in [0.25, 0.3) is 33.3 Å². The number of aromatic nitrogens is 1. The van der Waals surface area contributed by atoms with Gasteiger partial charge in [-0.25, -0.2) is 9.37 Å². The molecule has 3 N–H and O–H groups in total. The summed E-state index contributed by atoms with van der Waals surface area (Å²) < 4.78 is 55.1. The van der Waals surface area contributed by atoms with E-state index in [-0.39, 0.29) is 17.0 Å². The average Bonchev–Trinajstić information content (AvgIpc) is 2.83. The molecule has 1 atom stereocenters. The first-order valence-electron chi connectivity index (χ1n) is 10.7. The van der Waals surface area contributed by atoms with Gasteiger partial charge in [0, 0.05) is 22.7 Å². The molecule has 3 aromatic carbocycles. The number of alkyl halides is 3. The van der Waals surface area contributed by atoms with Gasteiger partial charge in [-0.3, -0.25) is 4.79 Å². The van der Waals surface area contributed by atoms with Crippen LogP contribution in [-0.2, 0) is 4.79 Å². The fourth-order valence-corrected chi connectivity index (χ4v) is 3.71. The van der Waals surface area contributed by atoms with Gasteiger partial charge in [0.1, 0.15) is 17.6 Å². The molecule has 0 saturated carbocycles. The molecule has 0 aliphatic heterocycles. The number of anilines is 1. The average molecular weight is 497 g/mol. The molecule has 0 spiro atoms. The first-order chi connectivity index (χ1) is 17.1. The Bertz CT molecular complexity index is 1440. The first-order valence-corrected chi connectivity index (χ1v) is 10.7. The molecule has 0 aliphatic carbocycles. The van der Waals surface area contributed by atoms with Gasteiger partial charge in [0.25, 0.3) is 0 Å². The summed E-state index contributed by atoms with van der Waals surface area (Å²) in [4.78, 5) is 16.0. The Hall–Kier alpha value is -4.47. The summed E-state index contributed by atoms with van der Waals surface area (Å²) in [5, 5.41) is 20.5. The number of pyridine rings is 1. The second kappa shape index (κ2) is 9.65. The van der Waals surface area contributed by atoms with E-state index in [0.717, 1.165) is 11.8 Å². The van der Waals surface area contributed by atoms with E-state index in [2.05, 4.69) is 15.0 Å². The Kier molecular flexibility index (Phi) is 6.61. The molecular weight excluding hydrogens is 478 g/mol. The Balaban J connectivity index is 1.75. The third-order valence-corrected chi connectivity index (χ3v) is 5.44. The second-order valence-corrected chi connectivity index (χ2v) is 7.91. The minimum Gasteiger partial charge on any atom is -0.480 e. The van der Waals surface area contributed by atoms with E-state index in [9.17, 15) is 27.5 Å². The lowest BCUT2D eigenvalue weighted by Gasteiger charge is -2.18. The maximum absolute atomic E-state index is 14.0. The summed E-state index contributed by atoms with van der Waals surface area (Å²) in [5.41, 5.74) is 3.31. The lowest BCUT2D eigenvalue weighted by Crippen LogP contribution is -2.26. The Morgan fingerprint density at radius 1 is 1.03 bits per heavy atom. The number of aliphatic carboxylic acids is 1. The molecule has 0 saturated heterocycles. The third-order valence-electron chi connectivity index (χ3n) is 5.44. The number of hydrogen-bond acceptors (Lipinski definition) is 5. The summed E-state index contributed by atoms with van der Waals surface area (Å²) in [7, 11) is 0. The smallest absolute Gasteiger partial charge is 0.480 e. The van der Waals surface area contributed by atoms with Crippen molar-refractivity contribution in [2.45, 2.75) is 19.3 Å².